The summed E-state index contributed by atoms with van der Waals surface area (Å²) in [4.78, 5) is 15.7. The molecule has 2 saturated carbocycles. The van der Waals surface area contributed by atoms with E-state index in [1.54, 1.807) is 0 Å². The van der Waals surface area contributed by atoms with Gasteiger partial charge in [0, 0.05) is 6.92 Å². The minimum Gasteiger partial charge on any atom is -0.448 e. The lowest BCUT2D eigenvalue weighted by atomic mass is 9.56. The van der Waals surface area contributed by atoms with Crippen molar-refractivity contribution >= 4 is 5.78 Å². The minimum atomic E-state index is -0.0360. The van der Waals surface area contributed by atoms with Crippen LogP contribution >= 0.6 is 0 Å². The smallest absolute Gasteiger partial charge is 0.201 e. The van der Waals surface area contributed by atoms with Crippen molar-refractivity contribution < 1.29 is 13.9 Å². The van der Waals surface area contributed by atoms with Gasteiger partial charge < -0.3 is 9.15 Å². The molecule has 4 rings (SSSR count). The normalized spacial score (nSPS) is 44.1. The van der Waals surface area contributed by atoms with Crippen LogP contribution < -0.4 is 0 Å². The highest BCUT2D eigenvalue weighted by molar-refractivity contribution is 5.91. The fourth-order valence-electron chi connectivity index (χ4n) is 4.37. The number of nitrogens with zero attached hydrogens (tertiary/aromatic N) is 1. The van der Waals surface area contributed by atoms with E-state index in [-0.39, 0.29) is 17.3 Å². The van der Waals surface area contributed by atoms with Gasteiger partial charge >= 0.3 is 0 Å². The van der Waals surface area contributed by atoms with Gasteiger partial charge in [-0.15, -0.1) is 0 Å². The molecular formula is C14H17NO3. The van der Waals surface area contributed by atoms with Crippen LogP contribution in [-0.4, -0.2) is 22.5 Å². The van der Waals surface area contributed by atoms with Gasteiger partial charge in [0.15, 0.2) is 5.78 Å². The van der Waals surface area contributed by atoms with Crippen LogP contribution in [-0.2, 0) is 4.74 Å². The molecule has 4 heteroatoms. The Kier molecular flexibility index (Phi) is 1.93. The number of oxazole rings is 1. The van der Waals surface area contributed by atoms with E-state index in [4.69, 9.17) is 9.15 Å². The van der Waals surface area contributed by atoms with Crippen molar-refractivity contribution in [1.29, 1.82) is 0 Å². The van der Waals surface area contributed by atoms with E-state index >= 15 is 0 Å². The number of Topliss-reactive ketones (excluding diaryl/α,β-unsaturated/α-hetero) is 1. The van der Waals surface area contributed by atoms with Crippen LogP contribution in [0.25, 0.3) is 0 Å². The van der Waals surface area contributed by atoms with Crippen LogP contribution in [0.1, 0.15) is 55.4 Å². The highest BCUT2D eigenvalue weighted by Crippen LogP contribution is 2.74. The number of carbonyl (C=O) groups is 1. The summed E-state index contributed by atoms with van der Waals surface area (Å²) >= 11 is 0. The van der Waals surface area contributed by atoms with Crippen molar-refractivity contribution in [3.05, 3.63) is 17.8 Å². The van der Waals surface area contributed by atoms with Gasteiger partial charge in [-0.05, 0) is 24.7 Å². The fraction of sp³-hybridized carbons (Fsp3) is 0.714. The van der Waals surface area contributed by atoms with Gasteiger partial charge in [0.2, 0.25) is 5.89 Å². The summed E-state index contributed by atoms with van der Waals surface area (Å²) in [6.07, 6.45) is 5.49. The number of carbonyl (C=O) groups excluding carboxylic acids is 1. The molecule has 1 spiro atoms. The largest absolute Gasteiger partial charge is 0.448 e. The van der Waals surface area contributed by atoms with Crippen molar-refractivity contribution in [1.82, 2.24) is 4.98 Å². The van der Waals surface area contributed by atoms with Crippen molar-refractivity contribution in [2.45, 2.75) is 50.7 Å². The molecular weight excluding hydrogens is 230 g/mol. The fourth-order valence-corrected chi connectivity index (χ4v) is 4.37. The zero-order valence-corrected chi connectivity index (χ0v) is 10.7. The molecule has 2 heterocycles. The van der Waals surface area contributed by atoms with Crippen LogP contribution in [0, 0.1) is 11.8 Å². The Balaban J connectivity index is 1.69. The van der Waals surface area contributed by atoms with E-state index < -0.39 is 0 Å². The summed E-state index contributed by atoms with van der Waals surface area (Å²) in [7, 11) is 0. The summed E-state index contributed by atoms with van der Waals surface area (Å²) in [6, 6.07) is 0. The molecule has 0 bridgehead atoms. The maximum atomic E-state index is 11.3. The first-order valence-corrected chi connectivity index (χ1v) is 6.82. The lowest BCUT2D eigenvalue weighted by Gasteiger charge is -2.47. The first-order valence-electron chi connectivity index (χ1n) is 6.82. The molecule has 0 amide bonds. The number of hydrogen-bond acceptors (Lipinski definition) is 4. The number of hydrogen-bond donors (Lipinski definition) is 0. The Morgan fingerprint density at radius 2 is 2.39 bits per heavy atom. The Morgan fingerprint density at radius 1 is 1.56 bits per heavy atom. The van der Waals surface area contributed by atoms with Crippen molar-refractivity contribution in [3.63, 3.8) is 0 Å². The minimum absolute atomic E-state index is 0.0274. The number of ether oxygens (including phenoxy) is 1. The topological polar surface area (TPSA) is 55.6 Å². The Morgan fingerprint density at radius 3 is 3.00 bits per heavy atom. The van der Waals surface area contributed by atoms with Crippen LogP contribution in [0.5, 0.6) is 0 Å². The number of rotatable bonds is 3. The highest BCUT2D eigenvalue weighted by atomic mass is 16.6. The number of epoxide rings is 1. The van der Waals surface area contributed by atoms with Gasteiger partial charge in [-0.25, -0.2) is 4.98 Å². The van der Waals surface area contributed by atoms with Crippen molar-refractivity contribution in [2.75, 3.05) is 0 Å². The molecule has 1 aliphatic heterocycles. The predicted molar refractivity (Wildman–Crippen MR) is 63.4 cm³/mol. The third-order valence-corrected chi connectivity index (χ3v) is 5.16. The van der Waals surface area contributed by atoms with Gasteiger partial charge in [0.25, 0.3) is 0 Å². The molecule has 5 atom stereocenters. The summed E-state index contributed by atoms with van der Waals surface area (Å²) < 4.78 is 11.5. The van der Waals surface area contributed by atoms with E-state index in [1.165, 1.54) is 26.0 Å². The Labute approximate surface area is 106 Å². The lowest BCUT2D eigenvalue weighted by molar-refractivity contribution is -0.0217. The first-order chi connectivity index (χ1) is 8.68. The van der Waals surface area contributed by atoms with Gasteiger partial charge in [0.05, 0.1) is 12.0 Å². The summed E-state index contributed by atoms with van der Waals surface area (Å²) in [5.74, 6) is 2.24. The molecule has 3 fully saturated rings. The van der Waals surface area contributed by atoms with E-state index in [0.717, 1.165) is 6.42 Å². The van der Waals surface area contributed by atoms with Crippen LogP contribution in [0.2, 0.25) is 0 Å². The molecule has 96 valence electrons. The second kappa shape index (κ2) is 3.23. The number of aromatic nitrogens is 1. The van der Waals surface area contributed by atoms with E-state index in [2.05, 4.69) is 11.9 Å². The summed E-state index contributed by atoms with van der Waals surface area (Å²) in [5.41, 5.74) is 0.467. The standard InChI is InChI=1S/C14H17NO3/c1-3-8-9-4-5-11-14(9,18-11)12(8)13-15-10(6-17-13)7(2)16/h6,8-9,11-12H,3-5H2,1-2H3/t8-,9+,11+,12?,14-/m0/s1. The lowest BCUT2D eigenvalue weighted by Crippen LogP contribution is -2.51. The van der Waals surface area contributed by atoms with E-state index in [9.17, 15) is 4.79 Å². The zero-order chi connectivity index (χ0) is 12.5. The van der Waals surface area contributed by atoms with Gasteiger partial charge in [-0.2, -0.15) is 0 Å². The van der Waals surface area contributed by atoms with Crippen molar-refractivity contribution in [2.24, 2.45) is 11.8 Å². The molecule has 1 saturated heterocycles. The van der Waals surface area contributed by atoms with Crippen LogP contribution in [0.3, 0.4) is 0 Å². The Hall–Kier alpha value is -1.16. The Bertz CT molecular complexity index is 523. The monoisotopic (exact) mass is 247 g/mol. The molecule has 1 aromatic heterocycles. The third-order valence-electron chi connectivity index (χ3n) is 5.16. The molecule has 2 aliphatic carbocycles. The first kappa shape index (κ1) is 10.7. The molecule has 0 N–H and O–H groups in total. The van der Waals surface area contributed by atoms with Crippen molar-refractivity contribution in [3.8, 4) is 0 Å². The van der Waals surface area contributed by atoms with Crippen LogP contribution in [0.15, 0.2) is 10.7 Å². The predicted octanol–water partition coefficient (Wildman–Crippen LogP) is 2.55. The molecule has 0 aromatic carbocycles. The molecule has 0 radical (unpaired) electrons. The molecule has 4 nitrogen and oxygen atoms in total. The zero-order valence-electron chi connectivity index (χ0n) is 10.7. The van der Waals surface area contributed by atoms with Gasteiger partial charge in [0.1, 0.15) is 17.6 Å². The highest BCUT2D eigenvalue weighted by Gasteiger charge is 2.79. The molecule has 18 heavy (non-hydrogen) atoms. The average molecular weight is 247 g/mol. The van der Waals surface area contributed by atoms with E-state index in [1.807, 2.05) is 0 Å². The molecule has 1 aromatic rings. The number of ketones is 1. The summed E-state index contributed by atoms with van der Waals surface area (Å²) in [5, 5.41) is 0. The second-order valence-electron chi connectivity index (χ2n) is 5.82. The van der Waals surface area contributed by atoms with Gasteiger partial charge in [-0.3, -0.25) is 4.79 Å². The maximum Gasteiger partial charge on any atom is 0.201 e. The van der Waals surface area contributed by atoms with E-state index in [0.29, 0.717) is 29.5 Å². The molecule has 3 aliphatic rings. The quantitative estimate of drug-likeness (QED) is 0.608. The molecule has 1 unspecified atom stereocenters. The maximum absolute atomic E-state index is 11.3. The second-order valence-corrected chi connectivity index (χ2v) is 5.82. The average Bonchev–Trinajstić information content (AvgIpc) is 2.75. The van der Waals surface area contributed by atoms with Gasteiger partial charge in [-0.1, -0.05) is 13.3 Å². The third kappa shape index (κ3) is 1.06. The SMILES string of the molecule is CC[C@@H]1C(c2nc(C(C)=O)co2)[C@@]23O[C@@H]2CC[C@H]13. The van der Waals surface area contributed by atoms with Crippen LogP contribution in [0.4, 0.5) is 0 Å². The summed E-state index contributed by atoms with van der Waals surface area (Å²) in [6.45, 7) is 3.74.